The van der Waals surface area contributed by atoms with Gasteiger partial charge in [-0.25, -0.2) is 9.67 Å². The average molecular weight is 470 g/mol. The molecule has 3 N–H and O–H groups in total. The van der Waals surface area contributed by atoms with Gasteiger partial charge in [-0.1, -0.05) is 60.7 Å². The fraction of sp³-hybridized carbons (Fsp3) is 0.321. The minimum atomic E-state index is -0.635. The summed E-state index contributed by atoms with van der Waals surface area (Å²) in [5, 5.41) is 14.3. The van der Waals surface area contributed by atoms with Crippen molar-refractivity contribution >= 4 is 11.5 Å². The van der Waals surface area contributed by atoms with Gasteiger partial charge in [-0.05, 0) is 55.0 Å². The van der Waals surface area contributed by atoms with E-state index in [9.17, 15) is 9.90 Å². The molecule has 0 saturated carbocycles. The number of nitrogens with two attached hydrogens (primary N) is 1. The van der Waals surface area contributed by atoms with Crippen molar-refractivity contribution in [3.05, 3.63) is 95.6 Å². The zero-order chi connectivity index (χ0) is 24.4. The number of aliphatic hydroxyl groups is 1. The fourth-order valence-corrected chi connectivity index (χ4v) is 5.17. The number of β-amino-alcohol motifs (C(OH)–C–C–N with tert-alkyl or cyclic N) is 1. The summed E-state index contributed by atoms with van der Waals surface area (Å²) in [6, 6.07) is 18.7. The number of hydrogen-bond acceptors (Lipinski definition) is 5. The molecule has 35 heavy (non-hydrogen) atoms. The number of allylic oxidation sites excluding steroid dienone is 3. The number of hydrogen-bond donors (Lipinski definition) is 2. The Hall–Kier alpha value is -3.55. The Kier molecular flexibility index (Phi) is 6.36. The molecule has 0 bridgehead atoms. The number of aromatic nitrogens is 3. The Morgan fingerprint density at radius 1 is 1.17 bits per heavy atom. The molecule has 7 nitrogen and oxygen atoms in total. The van der Waals surface area contributed by atoms with Crippen molar-refractivity contribution in [2.75, 3.05) is 19.6 Å². The van der Waals surface area contributed by atoms with Crippen LogP contribution in [0.2, 0.25) is 0 Å². The molecule has 1 aliphatic carbocycles. The van der Waals surface area contributed by atoms with E-state index >= 15 is 0 Å². The summed E-state index contributed by atoms with van der Waals surface area (Å²) in [5.41, 5.74) is 9.84. The first-order valence-corrected chi connectivity index (χ1v) is 12.1. The van der Waals surface area contributed by atoms with E-state index < -0.39 is 5.91 Å². The Labute approximate surface area is 205 Å². The standard InChI is InChI=1S/C28H31N5O2/c1-20-30-27(26(29)35)31-33(20)24-9-7-21(8-10-24)17-28(19-32-16-13-25(34)18-32)14-11-23(12-15-28)22-5-3-2-4-6-22/h2-12,14,25,34H,13,15-19H2,1H3,(H2,29,35)/t25?,28-/m1/s1. The van der Waals surface area contributed by atoms with Crippen LogP contribution in [0.25, 0.3) is 11.3 Å². The maximum absolute atomic E-state index is 11.4. The highest BCUT2D eigenvalue weighted by Gasteiger charge is 2.33. The highest BCUT2D eigenvalue weighted by Crippen LogP contribution is 2.38. The predicted octanol–water partition coefficient (Wildman–Crippen LogP) is 3.31. The van der Waals surface area contributed by atoms with Gasteiger partial charge in [0.25, 0.3) is 5.91 Å². The molecule has 3 aromatic rings. The molecule has 2 atom stereocenters. The van der Waals surface area contributed by atoms with E-state index in [-0.39, 0.29) is 17.3 Å². The zero-order valence-corrected chi connectivity index (χ0v) is 20.0. The molecule has 1 aromatic heterocycles. The van der Waals surface area contributed by atoms with Crippen molar-refractivity contribution in [1.82, 2.24) is 19.7 Å². The summed E-state index contributed by atoms with van der Waals surface area (Å²) >= 11 is 0. The lowest BCUT2D eigenvalue weighted by molar-refractivity contribution is 0.0990. The van der Waals surface area contributed by atoms with Crippen LogP contribution in [0.1, 0.15) is 40.4 Å². The van der Waals surface area contributed by atoms with E-state index in [1.54, 1.807) is 11.6 Å². The molecular weight excluding hydrogens is 438 g/mol. The van der Waals surface area contributed by atoms with Crippen molar-refractivity contribution < 1.29 is 9.90 Å². The molecule has 0 spiro atoms. The van der Waals surface area contributed by atoms with Crippen LogP contribution in [0, 0.1) is 12.3 Å². The first-order chi connectivity index (χ1) is 16.9. The van der Waals surface area contributed by atoms with Crippen LogP contribution in [0.15, 0.2) is 72.8 Å². The molecule has 1 amide bonds. The smallest absolute Gasteiger partial charge is 0.288 e. The summed E-state index contributed by atoms with van der Waals surface area (Å²) in [6.07, 6.45) is 9.40. The third-order valence-electron chi connectivity index (χ3n) is 6.96. The lowest BCUT2D eigenvalue weighted by Gasteiger charge is -2.36. The van der Waals surface area contributed by atoms with Crippen LogP contribution in [-0.4, -0.2) is 56.4 Å². The molecule has 0 radical (unpaired) electrons. The van der Waals surface area contributed by atoms with Crippen LogP contribution in [0.4, 0.5) is 0 Å². The highest BCUT2D eigenvalue weighted by atomic mass is 16.3. The molecule has 180 valence electrons. The van der Waals surface area contributed by atoms with Crippen molar-refractivity contribution in [1.29, 1.82) is 0 Å². The Morgan fingerprint density at radius 3 is 2.54 bits per heavy atom. The summed E-state index contributed by atoms with van der Waals surface area (Å²) in [7, 11) is 0. The maximum Gasteiger partial charge on any atom is 0.288 e. The summed E-state index contributed by atoms with van der Waals surface area (Å²) in [5.74, 6) is 0.000500. The van der Waals surface area contributed by atoms with Gasteiger partial charge in [0.15, 0.2) is 0 Å². The fourth-order valence-electron chi connectivity index (χ4n) is 5.17. The van der Waals surface area contributed by atoms with Crippen molar-refractivity contribution in [3.8, 4) is 5.69 Å². The molecule has 2 heterocycles. The minimum absolute atomic E-state index is 0.0201. The lowest BCUT2D eigenvalue weighted by atomic mass is 9.74. The van der Waals surface area contributed by atoms with Crippen LogP contribution >= 0.6 is 0 Å². The van der Waals surface area contributed by atoms with Gasteiger partial charge in [0.2, 0.25) is 5.82 Å². The number of carbonyl (C=O) groups excluding carboxylic acids is 1. The largest absolute Gasteiger partial charge is 0.392 e. The quantitative estimate of drug-likeness (QED) is 0.553. The van der Waals surface area contributed by atoms with Gasteiger partial charge in [-0.15, -0.1) is 5.10 Å². The minimum Gasteiger partial charge on any atom is -0.392 e. The second-order valence-electron chi connectivity index (χ2n) is 9.70. The number of likely N-dealkylation sites (tertiary alicyclic amines) is 1. The lowest BCUT2D eigenvalue weighted by Crippen LogP contribution is -2.38. The van der Waals surface area contributed by atoms with Gasteiger partial charge >= 0.3 is 0 Å². The third-order valence-corrected chi connectivity index (χ3v) is 6.96. The molecule has 2 aliphatic rings. The Balaban J connectivity index is 1.38. The van der Waals surface area contributed by atoms with Gasteiger partial charge in [-0.2, -0.15) is 0 Å². The van der Waals surface area contributed by atoms with Crippen LogP contribution in [-0.2, 0) is 6.42 Å². The Morgan fingerprint density at radius 2 is 1.94 bits per heavy atom. The first-order valence-electron chi connectivity index (χ1n) is 12.1. The van der Waals surface area contributed by atoms with Gasteiger partial charge in [-0.3, -0.25) is 9.69 Å². The number of carbonyl (C=O) groups is 1. The first kappa shape index (κ1) is 23.2. The number of aliphatic hydroxyl groups excluding tert-OH is 1. The van der Waals surface area contributed by atoms with Gasteiger partial charge in [0, 0.05) is 25.0 Å². The van der Waals surface area contributed by atoms with Gasteiger partial charge < -0.3 is 10.8 Å². The molecule has 5 rings (SSSR count). The van der Waals surface area contributed by atoms with Gasteiger partial charge in [0.05, 0.1) is 11.8 Å². The van der Waals surface area contributed by atoms with E-state index in [4.69, 9.17) is 5.73 Å². The third kappa shape index (κ3) is 5.11. The van der Waals surface area contributed by atoms with Crippen LogP contribution in [0.3, 0.4) is 0 Å². The summed E-state index contributed by atoms with van der Waals surface area (Å²) in [4.78, 5) is 18.0. The molecule has 7 heteroatoms. The molecule has 1 fully saturated rings. The number of primary amides is 1. The molecule has 2 aromatic carbocycles. The number of amides is 1. The molecule has 1 unspecified atom stereocenters. The normalized spacial score (nSPS) is 22.3. The number of benzene rings is 2. The predicted molar refractivity (Wildman–Crippen MR) is 136 cm³/mol. The molecular formula is C28H31N5O2. The van der Waals surface area contributed by atoms with Gasteiger partial charge in [0.1, 0.15) is 5.82 Å². The zero-order valence-electron chi connectivity index (χ0n) is 20.0. The van der Waals surface area contributed by atoms with Crippen molar-refractivity contribution in [3.63, 3.8) is 0 Å². The summed E-state index contributed by atoms with van der Waals surface area (Å²) < 4.78 is 1.64. The van der Waals surface area contributed by atoms with E-state index in [1.807, 2.05) is 18.2 Å². The average Bonchev–Trinajstić information content (AvgIpc) is 3.45. The SMILES string of the molecule is Cc1nc(C(N)=O)nn1-c1ccc(C[C@@]2(CN3CCC(O)C3)C=CC(c3ccccc3)=CC2)cc1. The van der Waals surface area contributed by atoms with Crippen molar-refractivity contribution in [2.45, 2.75) is 32.3 Å². The van der Waals surface area contributed by atoms with Crippen LogP contribution in [0.5, 0.6) is 0 Å². The molecule has 1 saturated heterocycles. The van der Waals surface area contributed by atoms with E-state index in [0.29, 0.717) is 5.82 Å². The highest BCUT2D eigenvalue weighted by molar-refractivity contribution is 5.88. The number of nitrogens with zero attached hydrogens (tertiary/aromatic N) is 4. The van der Waals surface area contributed by atoms with E-state index in [0.717, 1.165) is 44.6 Å². The maximum atomic E-state index is 11.4. The second-order valence-corrected chi connectivity index (χ2v) is 9.70. The monoisotopic (exact) mass is 469 g/mol. The number of aryl methyl sites for hydroxylation is 1. The second kappa shape index (κ2) is 9.60. The molecule has 1 aliphatic heterocycles. The van der Waals surface area contributed by atoms with E-state index in [1.165, 1.54) is 16.7 Å². The van der Waals surface area contributed by atoms with E-state index in [2.05, 4.69) is 69.6 Å². The topological polar surface area (TPSA) is 97.3 Å². The van der Waals surface area contributed by atoms with Crippen LogP contribution < -0.4 is 5.73 Å². The summed E-state index contributed by atoms with van der Waals surface area (Å²) in [6.45, 7) is 4.37. The Bertz CT molecular complexity index is 1260. The van der Waals surface area contributed by atoms with Crippen molar-refractivity contribution in [2.24, 2.45) is 11.1 Å². The number of rotatable bonds is 7.